The minimum Gasteiger partial charge on any atom is -0.457 e. The summed E-state index contributed by atoms with van der Waals surface area (Å²) in [5, 5.41) is 45.1. The van der Waals surface area contributed by atoms with E-state index in [0.717, 1.165) is 198 Å². The molecule has 27 nitrogen and oxygen atoms in total. The SMILES string of the molecule is Cc1cccc(Cl)c1CNC(=O)c1snnc1C1CC1.O=C(NCc1c(Cl)cccc1Oc1ccccc1)c1snnc1C1CC1.O=C(NCc1c(F)cccc1C(F)(F)F)c1snnc1C1CC1.O=C(NCc1cccc2ccccc12)c1snnc1C1CC1.O=C(NCc1ccccn1)c1snnc1C1CC1.[C-]#[N+]c1cccc(Cl)c1CNC(=O)c1snnc1C1CC1. The van der Waals surface area contributed by atoms with Crippen LogP contribution in [0.2, 0.25) is 15.1 Å². The third-order valence-corrected chi connectivity index (χ3v) is 26.8. The number of nitrogens with one attached hydrogen (secondary N) is 6. The van der Waals surface area contributed by atoms with Gasteiger partial charge in [0.2, 0.25) is 0 Å². The summed E-state index contributed by atoms with van der Waals surface area (Å²) in [7, 11) is 0. The van der Waals surface area contributed by atoms with Gasteiger partial charge >= 0.3 is 6.18 Å². The van der Waals surface area contributed by atoms with E-state index >= 15 is 0 Å². The number of halogens is 7. The maximum absolute atomic E-state index is 13.7. The number of benzene rings is 7. The van der Waals surface area contributed by atoms with E-state index in [0.29, 0.717) is 117 Å². The van der Waals surface area contributed by atoms with E-state index in [4.69, 9.17) is 46.1 Å². The van der Waals surface area contributed by atoms with Gasteiger partial charge in [0.1, 0.15) is 46.6 Å². The molecule has 7 heterocycles. The molecule has 14 aromatic rings. The predicted octanol–water partition coefficient (Wildman–Crippen LogP) is 20.4. The molecule has 130 heavy (non-hydrogen) atoms. The molecule has 0 bridgehead atoms. The van der Waals surface area contributed by atoms with Gasteiger partial charge in [-0.2, -0.15) is 13.2 Å². The van der Waals surface area contributed by atoms with Crippen LogP contribution in [0.1, 0.15) is 249 Å². The second-order valence-corrected chi connectivity index (χ2v) is 36.7. The van der Waals surface area contributed by atoms with Gasteiger partial charge in [-0.1, -0.05) is 165 Å². The summed E-state index contributed by atoms with van der Waals surface area (Å²) in [6.45, 7) is 10.4. The van der Waals surface area contributed by atoms with Crippen molar-refractivity contribution in [2.75, 3.05) is 0 Å². The van der Waals surface area contributed by atoms with Crippen LogP contribution in [0.5, 0.6) is 11.5 Å². The second kappa shape index (κ2) is 43.6. The lowest BCUT2D eigenvalue weighted by atomic mass is 10.0. The zero-order valence-corrected chi connectivity index (χ0v) is 76.2. The molecular weight excluding hydrogens is 1850 g/mol. The topological polar surface area (TPSA) is 356 Å². The van der Waals surface area contributed by atoms with Gasteiger partial charge in [0, 0.05) is 101 Å². The molecule has 6 amide bonds. The quantitative estimate of drug-likeness (QED) is 0.0217. The Morgan fingerprint density at radius 1 is 0.400 bits per heavy atom. The maximum Gasteiger partial charge on any atom is 0.416 e. The van der Waals surface area contributed by atoms with E-state index in [-0.39, 0.29) is 53.4 Å². The Balaban J connectivity index is 0.000000120. The molecule has 7 aromatic carbocycles. The van der Waals surface area contributed by atoms with Crippen LogP contribution >= 0.6 is 104 Å². The normalized spacial score (nSPS) is 14.1. The predicted molar refractivity (Wildman–Crippen MR) is 490 cm³/mol. The third kappa shape index (κ3) is 24.7. The number of alkyl halides is 3. The molecule has 6 saturated carbocycles. The molecule has 20 rings (SSSR count). The number of fused-ring (bicyclic) bond motifs is 1. The van der Waals surface area contributed by atoms with Crippen molar-refractivity contribution in [2.45, 2.75) is 165 Å². The molecule has 0 saturated heterocycles. The molecule has 40 heteroatoms. The maximum atomic E-state index is 13.7. The van der Waals surface area contributed by atoms with Gasteiger partial charge < -0.3 is 36.6 Å². The number of carbonyl (C=O) groups is 6. The average Bonchev–Trinajstić information content (AvgIpc) is 1.78. The number of hydrogen-bond acceptors (Lipinski definition) is 26. The Labute approximate surface area is 782 Å². The third-order valence-electron chi connectivity index (χ3n) is 21.3. The number of para-hydroxylation sites is 1. The van der Waals surface area contributed by atoms with Crippen LogP contribution in [0.3, 0.4) is 0 Å². The summed E-state index contributed by atoms with van der Waals surface area (Å²) in [6.07, 6.45) is 9.83. The lowest BCUT2D eigenvalue weighted by molar-refractivity contribution is -0.138. The number of aryl methyl sites for hydroxylation is 1. The van der Waals surface area contributed by atoms with Gasteiger partial charge in [0.15, 0.2) is 5.69 Å². The fraction of sp³-hybridized carbons (Fsp3) is 0.289. The Morgan fingerprint density at radius 2 is 0.762 bits per heavy atom. The van der Waals surface area contributed by atoms with Crippen molar-refractivity contribution in [3.8, 4) is 11.5 Å². The molecule has 0 aliphatic heterocycles. The first-order chi connectivity index (χ1) is 63.1. The van der Waals surface area contributed by atoms with Crippen molar-refractivity contribution in [2.24, 2.45) is 0 Å². The summed E-state index contributed by atoms with van der Waals surface area (Å²) in [5.41, 5.74) is 8.89. The summed E-state index contributed by atoms with van der Waals surface area (Å²) < 4.78 is 81.6. The van der Waals surface area contributed by atoms with Crippen molar-refractivity contribution < 1.29 is 51.1 Å². The number of rotatable bonds is 26. The number of carbonyl (C=O) groups excluding carboxylic acids is 6. The lowest BCUT2D eigenvalue weighted by Gasteiger charge is -2.14. The highest BCUT2D eigenvalue weighted by Crippen LogP contribution is 2.47. The largest absolute Gasteiger partial charge is 0.457 e. The fourth-order valence-corrected chi connectivity index (χ4v) is 18.2. The van der Waals surface area contributed by atoms with Gasteiger partial charge in [-0.05, 0) is 247 Å². The van der Waals surface area contributed by atoms with Crippen LogP contribution in [-0.4, -0.2) is 97.9 Å². The van der Waals surface area contributed by atoms with Crippen LogP contribution in [0, 0.1) is 19.3 Å². The molecule has 0 radical (unpaired) electrons. The first-order valence-electron chi connectivity index (χ1n) is 41.4. The van der Waals surface area contributed by atoms with E-state index in [2.05, 4.69) is 124 Å². The Hall–Kier alpha value is -12.0. The average molecular weight is 1930 g/mol. The first-order valence-corrected chi connectivity index (χ1v) is 47.1. The smallest absolute Gasteiger partial charge is 0.416 e. The van der Waals surface area contributed by atoms with Crippen molar-refractivity contribution in [3.05, 3.63) is 310 Å². The molecule has 6 aliphatic rings. The Kier molecular flexibility index (Phi) is 31.1. The molecule has 666 valence electrons. The monoisotopic (exact) mass is 1920 g/mol. The van der Waals surface area contributed by atoms with Crippen LogP contribution in [0.4, 0.5) is 23.2 Å². The van der Waals surface area contributed by atoms with Crippen molar-refractivity contribution in [3.63, 3.8) is 0 Å². The number of amides is 6. The summed E-state index contributed by atoms with van der Waals surface area (Å²) in [6, 6.07) is 48.4. The molecule has 0 unspecified atom stereocenters. The molecule has 0 spiro atoms. The molecule has 7 aromatic heterocycles. The minimum atomic E-state index is -4.69. The summed E-state index contributed by atoms with van der Waals surface area (Å²) in [5.74, 6) is 1.35. The van der Waals surface area contributed by atoms with E-state index in [9.17, 15) is 46.3 Å². The zero-order valence-electron chi connectivity index (χ0n) is 69.1. The Morgan fingerprint density at radius 3 is 1.19 bits per heavy atom. The Bertz CT molecular complexity index is 6390. The number of ether oxygens (including phenoxy) is 1. The zero-order chi connectivity index (χ0) is 90.8. The molecular formula is C90H79Cl3F4N20O7S6. The van der Waals surface area contributed by atoms with Crippen molar-refractivity contribution >= 4 is 156 Å². The molecule has 6 aliphatic carbocycles. The molecule has 6 fully saturated rings. The number of pyridine rings is 1. The van der Waals surface area contributed by atoms with Crippen LogP contribution < -0.4 is 36.6 Å². The van der Waals surface area contributed by atoms with Gasteiger partial charge in [-0.25, -0.2) is 9.24 Å². The van der Waals surface area contributed by atoms with Crippen molar-refractivity contribution in [1.82, 2.24) is 94.4 Å². The van der Waals surface area contributed by atoms with Gasteiger partial charge in [-0.3, -0.25) is 33.8 Å². The molecule has 0 atom stereocenters. The highest BCUT2D eigenvalue weighted by atomic mass is 35.5. The second-order valence-electron chi connectivity index (χ2n) is 30.9. The van der Waals surface area contributed by atoms with E-state index in [1.54, 1.807) is 30.5 Å². The lowest BCUT2D eigenvalue weighted by Crippen LogP contribution is -2.25. The van der Waals surface area contributed by atoms with E-state index in [1.165, 1.54) is 33.8 Å². The molecule has 6 N–H and O–H groups in total. The standard InChI is InChI=1S/C19H16ClN3O2S.C17H15N3OS.C14H11ClN4OS.C14H14ClN3OS.C14H11F4N3OS.C12H12N4OS/c20-15-7-4-8-16(25-13-5-2-1-3-6-13)14(15)11-21-19(24)18-17(12-9-10-12)22-23-26-18;21-17(16-15(12-8-9-12)19-20-22-16)18-10-13-6-3-5-11-4-1-2-7-14(11)13;1-16-11-4-2-3-10(15)9(11)7-17-14(20)13-12(8-5-6-8)18-19-21-13;1-8-3-2-4-11(15)10(8)7-16-14(19)13-12(9-5-6-9)17-18-20-13;15-10-3-1-2-9(14(16,17)18)8(10)6-19-13(22)12-11(7-4-5-7)20-21-23-12;17-12(14-7-9-3-1-2-6-13-9)11-10(8-4-5-8)15-16-18-11/h1-8,12H,9-11H2,(H,21,24);1-7,12H,8-10H2,(H,18,21);2-4,8H,5-7H2,(H,17,20);2-4,9H,5-7H2,1H3,(H,16,19);1-3,7H,4-6H2,(H,19,22);1-3,6,8H,4-5,7H2,(H,14,17). The highest BCUT2D eigenvalue weighted by Gasteiger charge is 2.39. The van der Waals surface area contributed by atoms with Crippen LogP contribution in [0.25, 0.3) is 15.6 Å². The first kappa shape index (κ1) is 92.7. The number of nitrogens with zero attached hydrogens (tertiary/aromatic N) is 14. The fourth-order valence-electron chi connectivity index (χ4n) is 13.5. The van der Waals surface area contributed by atoms with Gasteiger partial charge in [-0.15, -0.1) is 30.6 Å². The van der Waals surface area contributed by atoms with Gasteiger partial charge in [0.05, 0.1) is 58.5 Å². The number of aromatic nitrogens is 13. The van der Waals surface area contributed by atoms with E-state index in [1.807, 2.05) is 104 Å². The van der Waals surface area contributed by atoms with Crippen LogP contribution in [-0.2, 0) is 45.4 Å². The van der Waals surface area contributed by atoms with Gasteiger partial charge in [0.25, 0.3) is 35.4 Å². The highest BCUT2D eigenvalue weighted by molar-refractivity contribution is 7.09. The summed E-state index contributed by atoms with van der Waals surface area (Å²) in [4.78, 5) is 84.5. The minimum absolute atomic E-state index is 0.0650. The number of hydrogen-bond donors (Lipinski definition) is 6. The van der Waals surface area contributed by atoms with E-state index < -0.39 is 35.6 Å². The van der Waals surface area contributed by atoms with Crippen molar-refractivity contribution in [1.29, 1.82) is 0 Å². The summed E-state index contributed by atoms with van der Waals surface area (Å²) >= 11 is 25.2. The van der Waals surface area contributed by atoms with Crippen LogP contribution in [0.15, 0.2) is 170 Å².